The minimum absolute atomic E-state index is 0.0624. The number of carbonyl (C=O) groups excluding carboxylic acids is 2. The molecule has 1 rings (SSSR count). The lowest BCUT2D eigenvalue weighted by Gasteiger charge is -2.27. The number of hydrogen-bond acceptors (Lipinski definition) is 5. The van der Waals surface area contributed by atoms with Crippen LogP contribution in [-0.4, -0.2) is 60.8 Å². The number of rotatable bonds is 5. The lowest BCUT2D eigenvalue weighted by molar-refractivity contribution is -0.136. The van der Waals surface area contributed by atoms with Gasteiger partial charge >= 0.3 is 0 Å². The maximum atomic E-state index is 11.7. The van der Waals surface area contributed by atoms with Crippen molar-refractivity contribution in [1.82, 2.24) is 4.90 Å². The topological polar surface area (TPSA) is 91.8 Å². The van der Waals surface area contributed by atoms with Crippen LogP contribution in [0.2, 0.25) is 0 Å². The molecule has 0 bridgehead atoms. The van der Waals surface area contributed by atoms with E-state index in [9.17, 15) is 18.0 Å². The van der Waals surface area contributed by atoms with E-state index in [0.717, 1.165) is 0 Å². The molecule has 0 aromatic rings. The van der Waals surface area contributed by atoms with Crippen LogP contribution in [0.3, 0.4) is 0 Å². The van der Waals surface area contributed by atoms with Crippen LogP contribution in [0.5, 0.6) is 0 Å². The summed E-state index contributed by atoms with van der Waals surface area (Å²) in [5.41, 5.74) is 0. The third kappa shape index (κ3) is 4.08. The molecule has 6 nitrogen and oxygen atoms in total. The molecule has 1 fully saturated rings. The number of aliphatic hydroxyl groups is 1. The number of sulfone groups is 1. The summed E-state index contributed by atoms with van der Waals surface area (Å²) >= 11 is 0. The molecule has 7 heteroatoms. The van der Waals surface area contributed by atoms with Crippen LogP contribution >= 0.6 is 0 Å². The fraction of sp³-hybridized carbons (Fsp3) is 0.800. The van der Waals surface area contributed by atoms with Gasteiger partial charge in [-0.15, -0.1) is 0 Å². The molecule has 1 heterocycles. The first-order chi connectivity index (χ1) is 7.85. The molecule has 1 N–H and O–H groups in total. The first-order valence-electron chi connectivity index (χ1n) is 5.46. The number of hydrogen-bond donors (Lipinski definition) is 1. The van der Waals surface area contributed by atoms with Crippen LogP contribution in [0.1, 0.15) is 19.8 Å². The zero-order valence-corrected chi connectivity index (χ0v) is 10.6. The largest absolute Gasteiger partial charge is 0.395 e. The van der Waals surface area contributed by atoms with Crippen LogP contribution in [0.15, 0.2) is 0 Å². The van der Waals surface area contributed by atoms with Crippen molar-refractivity contribution in [3.8, 4) is 0 Å². The number of carbonyl (C=O) groups is 2. The molecule has 1 unspecified atom stereocenters. The standard InChI is InChI=1S/C10H17NO5S/c1-8(13)6-10(14)11(3-4-12)9-2-5-17(15,16)7-9/h9,12H,2-7H2,1H3. The van der Waals surface area contributed by atoms with Crippen molar-refractivity contribution < 1.29 is 23.1 Å². The lowest BCUT2D eigenvalue weighted by Crippen LogP contribution is -2.43. The molecule has 0 saturated carbocycles. The Bertz CT molecular complexity index is 403. The van der Waals surface area contributed by atoms with Gasteiger partial charge in [0.25, 0.3) is 0 Å². The second kappa shape index (κ2) is 5.59. The SMILES string of the molecule is CC(=O)CC(=O)N(CCO)C1CCS(=O)(=O)C1. The van der Waals surface area contributed by atoms with E-state index < -0.39 is 21.8 Å². The average molecular weight is 263 g/mol. The van der Waals surface area contributed by atoms with Crippen molar-refractivity contribution in [3.63, 3.8) is 0 Å². The summed E-state index contributed by atoms with van der Waals surface area (Å²) in [6, 6.07) is -0.404. The van der Waals surface area contributed by atoms with Crippen LogP contribution in [0.4, 0.5) is 0 Å². The Labute approximate surface area is 101 Å². The predicted octanol–water partition coefficient (Wildman–Crippen LogP) is -1.03. The van der Waals surface area contributed by atoms with E-state index in [1.54, 1.807) is 0 Å². The molecule has 1 amide bonds. The van der Waals surface area contributed by atoms with Gasteiger partial charge in [0.2, 0.25) is 5.91 Å². The summed E-state index contributed by atoms with van der Waals surface area (Å²) in [4.78, 5) is 23.9. The molecule has 0 radical (unpaired) electrons. The Kier molecular flexibility index (Phi) is 4.64. The summed E-state index contributed by atoms with van der Waals surface area (Å²) in [7, 11) is -3.08. The van der Waals surface area contributed by atoms with Gasteiger partial charge in [0.15, 0.2) is 9.84 Å². The molecule has 0 spiro atoms. The fourth-order valence-corrected chi connectivity index (χ4v) is 3.69. The minimum Gasteiger partial charge on any atom is -0.395 e. The van der Waals surface area contributed by atoms with Gasteiger partial charge in [-0.2, -0.15) is 0 Å². The summed E-state index contributed by atoms with van der Waals surface area (Å²) in [5, 5.41) is 8.88. The van der Waals surface area contributed by atoms with Crippen LogP contribution in [0, 0.1) is 0 Å². The molecule has 0 aromatic heterocycles. The number of aliphatic hydroxyl groups excluding tert-OH is 1. The molecule has 1 aliphatic rings. The van der Waals surface area contributed by atoms with Crippen molar-refractivity contribution in [2.24, 2.45) is 0 Å². The minimum atomic E-state index is -3.08. The highest BCUT2D eigenvalue weighted by Crippen LogP contribution is 2.18. The Balaban J connectivity index is 2.72. The van der Waals surface area contributed by atoms with Gasteiger partial charge < -0.3 is 10.0 Å². The highest BCUT2D eigenvalue weighted by atomic mass is 32.2. The summed E-state index contributed by atoms with van der Waals surface area (Å²) in [5.74, 6) is -0.684. The molecular weight excluding hydrogens is 246 g/mol. The zero-order valence-electron chi connectivity index (χ0n) is 9.76. The molecule has 1 aliphatic heterocycles. The third-order valence-electron chi connectivity index (χ3n) is 2.71. The highest BCUT2D eigenvalue weighted by molar-refractivity contribution is 7.91. The van der Waals surface area contributed by atoms with Gasteiger partial charge in [-0.05, 0) is 13.3 Å². The molecule has 17 heavy (non-hydrogen) atoms. The van der Waals surface area contributed by atoms with E-state index in [1.807, 2.05) is 0 Å². The van der Waals surface area contributed by atoms with Crippen molar-refractivity contribution in [2.45, 2.75) is 25.8 Å². The summed E-state index contributed by atoms with van der Waals surface area (Å²) < 4.78 is 22.7. The van der Waals surface area contributed by atoms with E-state index in [2.05, 4.69) is 0 Å². The molecule has 1 atom stereocenters. The van der Waals surface area contributed by atoms with Crippen molar-refractivity contribution >= 4 is 21.5 Å². The molecular formula is C10H17NO5S. The monoisotopic (exact) mass is 263 g/mol. The molecule has 98 valence electrons. The van der Waals surface area contributed by atoms with Gasteiger partial charge in [0, 0.05) is 12.6 Å². The second-order valence-corrected chi connectivity index (χ2v) is 6.48. The van der Waals surface area contributed by atoms with E-state index >= 15 is 0 Å². The Morgan fingerprint density at radius 3 is 2.47 bits per heavy atom. The van der Waals surface area contributed by atoms with E-state index in [4.69, 9.17) is 5.11 Å². The zero-order chi connectivity index (χ0) is 13.1. The number of ketones is 1. The summed E-state index contributed by atoms with van der Waals surface area (Å²) in [6.45, 7) is 1.15. The fourth-order valence-electron chi connectivity index (χ4n) is 1.95. The molecule has 1 saturated heterocycles. The van der Waals surface area contributed by atoms with Crippen molar-refractivity contribution in [2.75, 3.05) is 24.7 Å². The van der Waals surface area contributed by atoms with Crippen molar-refractivity contribution in [3.05, 3.63) is 0 Å². The van der Waals surface area contributed by atoms with Gasteiger partial charge in [0.05, 0.1) is 24.5 Å². The van der Waals surface area contributed by atoms with Gasteiger partial charge in [-0.1, -0.05) is 0 Å². The van der Waals surface area contributed by atoms with Gasteiger partial charge in [-0.25, -0.2) is 8.42 Å². The van der Waals surface area contributed by atoms with Crippen LogP contribution in [-0.2, 0) is 19.4 Å². The molecule has 0 aromatic carbocycles. The number of Topliss-reactive ketones (excluding diaryl/α,β-unsaturated/α-hetero) is 1. The van der Waals surface area contributed by atoms with Gasteiger partial charge in [0.1, 0.15) is 5.78 Å². The smallest absolute Gasteiger partial charge is 0.230 e. The van der Waals surface area contributed by atoms with Crippen LogP contribution < -0.4 is 0 Å². The maximum Gasteiger partial charge on any atom is 0.230 e. The van der Waals surface area contributed by atoms with E-state index in [-0.39, 0.29) is 36.9 Å². The highest BCUT2D eigenvalue weighted by Gasteiger charge is 2.34. The first-order valence-corrected chi connectivity index (χ1v) is 7.28. The van der Waals surface area contributed by atoms with Crippen LogP contribution in [0.25, 0.3) is 0 Å². The first kappa shape index (κ1) is 14.1. The Hall–Kier alpha value is -0.950. The Morgan fingerprint density at radius 2 is 2.06 bits per heavy atom. The third-order valence-corrected chi connectivity index (χ3v) is 4.46. The molecule has 0 aliphatic carbocycles. The number of nitrogens with zero attached hydrogens (tertiary/aromatic N) is 1. The predicted molar refractivity (Wildman–Crippen MR) is 61.2 cm³/mol. The Morgan fingerprint density at radius 1 is 1.41 bits per heavy atom. The quantitative estimate of drug-likeness (QED) is 0.641. The summed E-state index contributed by atoms with van der Waals surface area (Å²) in [6.07, 6.45) is 0.141. The van der Waals surface area contributed by atoms with Crippen molar-refractivity contribution in [1.29, 1.82) is 0 Å². The normalized spacial score (nSPS) is 22.4. The van der Waals surface area contributed by atoms with E-state index in [1.165, 1.54) is 11.8 Å². The lowest BCUT2D eigenvalue weighted by atomic mass is 10.2. The van der Waals surface area contributed by atoms with E-state index in [0.29, 0.717) is 6.42 Å². The average Bonchev–Trinajstić information content (AvgIpc) is 2.53. The van der Waals surface area contributed by atoms with Gasteiger partial charge in [-0.3, -0.25) is 9.59 Å². The second-order valence-electron chi connectivity index (χ2n) is 4.25. The number of amides is 1. The maximum absolute atomic E-state index is 11.7.